The molecule has 5 nitrogen and oxygen atoms in total. The third-order valence-corrected chi connectivity index (χ3v) is 1.56. The maximum atomic E-state index is 11.5. The average molecular weight is 226 g/mol. The van der Waals surface area contributed by atoms with E-state index in [0.29, 0.717) is 0 Å². The van der Waals surface area contributed by atoms with Gasteiger partial charge in [-0.1, -0.05) is 5.92 Å². The minimum atomic E-state index is -1.00. The van der Waals surface area contributed by atoms with Crippen LogP contribution in [0.5, 0.6) is 0 Å². The molecule has 0 aromatic heterocycles. The Kier molecular flexibility index (Phi) is 5.54. The van der Waals surface area contributed by atoms with Crippen molar-refractivity contribution in [3.05, 3.63) is 0 Å². The first-order chi connectivity index (χ1) is 7.24. The second kappa shape index (κ2) is 6.13. The van der Waals surface area contributed by atoms with Crippen LogP contribution in [-0.2, 0) is 9.59 Å². The van der Waals surface area contributed by atoms with Gasteiger partial charge in [0.15, 0.2) is 0 Å². The van der Waals surface area contributed by atoms with Crippen molar-refractivity contribution >= 4 is 11.9 Å². The summed E-state index contributed by atoms with van der Waals surface area (Å²) in [6.07, 6.45) is 5.09. The molecule has 0 saturated heterocycles. The van der Waals surface area contributed by atoms with Gasteiger partial charge in [0, 0.05) is 5.54 Å². The number of carbonyl (C=O) groups excluding carboxylic acids is 1. The van der Waals surface area contributed by atoms with Gasteiger partial charge in [-0.3, -0.25) is 14.5 Å². The van der Waals surface area contributed by atoms with Gasteiger partial charge in [-0.2, -0.15) is 0 Å². The van der Waals surface area contributed by atoms with Crippen molar-refractivity contribution < 1.29 is 14.7 Å². The summed E-state index contributed by atoms with van der Waals surface area (Å²) in [4.78, 5) is 23.4. The Morgan fingerprint density at radius 3 is 2.31 bits per heavy atom. The van der Waals surface area contributed by atoms with Crippen molar-refractivity contribution in [1.29, 1.82) is 0 Å². The Bertz CT molecular complexity index is 299. The first-order valence-electron chi connectivity index (χ1n) is 4.93. The van der Waals surface area contributed by atoms with E-state index in [4.69, 9.17) is 11.5 Å². The molecule has 0 aromatic carbocycles. The van der Waals surface area contributed by atoms with Crippen molar-refractivity contribution in [2.75, 3.05) is 19.6 Å². The summed E-state index contributed by atoms with van der Waals surface area (Å²) in [6, 6.07) is 0. The normalized spacial score (nSPS) is 10.9. The summed E-state index contributed by atoms with van der Waals surface area (Å²) in [5.74, 6) is 1.09. The van der Waals surface area contributed by atoms with Gasteiger partial charge in [0.2, 0.25) is 5.91 Å². The lowest BCUT2D eigenvalue weighted by molar-refractivity contribution is -0.138. The zero-order chi connectivity index (χ0) is 12.8. The van der Waals surface area contributed by atoms with Gasteiger partial charge in [0.1, 0.15) is 0 Å². The van der Waals surface area contributed by atoms with Crippen LogP contribution in [0.3, 0.4) is 0 Å². The Morgan fingerprint density at radius 2 is 1.94 bits per heavy atom. The molecule has 0 rings (SSSR count). The van der Waals surface area contributed by atoms with Crippen LogP contribution < -0.4 is 5.32 Å². The summed E-state index contributed by atoms with van der Waals surface area (Å²) in [5, 5.41) is 11.4. The van der Waals surface area contributed by atoms with Gasteiger partial charge in [-0.25, -0.2) is 0 Å². The first-order valence-corrected chi connectivity index (χ1v) is 4.93. The predicted octanol–water partition coefficient (Wildman–Crippen LogP) is -0.0791. The number of carboxylic acid groups (broad SMARTS) is 1. The summed E-state index contributed by atoms with van der Waals surface area (Å²) in [7, 11) is 0. The lowest BCUT2D eigenvalue weighted by Gasteiger charge is -2.23. The number of hydrogen-bond acceptors (Lipinski definition) is 3. The maximum Gasteiger partial charge on any atom is 0.317 e. The van der Waals surface area contributed by atoms with Crippen molar-refractivity contribution in [2.45, 2.75) is 26.3 Å². The van der Waals surface area contributed by atoms with Crippen LogP contribution >= 0.6 is 0 Å². The van der Waals surface area contributed by atoms with Crippen LogP contribution in [0.4, 0.5) is 0 Å². The Hall–Kier alpha value is -1.54. The fourth-order valence-corrected chi connectivity index (χ4v) is 1.15. The number of carbonyl (C=O) groups is 2. The minimum Gasteiger partial charge on any atom is -0.480 e. The molecule has 0 atom stereocenters. The van der Waals surface area contributed by atoms with Crippen LogP contribution in [-0.4, -0.2) is 47.1 Å². The molecule has 2 N–H and O–H groups in total. The number of nitrogens with zero attached hydrogens (tertiary/aromatic N) is 1. The van der Waals surface area contributed by atoms with E-state index in [1.54, 1.807) is 0 Å². The van der Waals surface area contributed by atoms with E-state index < -0.39 is 5.97 Å². The molecule has 0 unspecified atom stereocenters. The molecule has 0 saturated carbocycles. The van der Waals surface area contributed by atoms with Gasteiger partial charge in [0.25, 0.3) is 0 Å². The SMILES string of the molecule is C#CCN(CC(=O)O)CC(=O)NC(C)(C)C. The van der Waals surface area contributed by atoms with Gasteiger partial charge in [-0.05, 0) is 20.8 Å². The summed E-state index contributed by atoms with van der Waals surface area (Å²) >= 11 is 0. The lowest BCUT2D eigenvalue weighted by Crippen LogP contribution is -2.46. The number of carboxylic acids is 1. The zero-order valence-electron chi connectivity index (χ0n) is 9.91. The molecular formula is C11H18N2O3. The highest BCUT2D eigenvalue weighted by atomic mass is 16.4. The van der Waals surface area contributed by atoms with Crippen LogP contribution in [0.25, 0.3) is 0 Å². The quantitative estimate of drug-likeness (QED) is 0.643. The molecule has 0 radical (unpaired) electrons. The van der Waals surface area contributed by atoms with E-state index in [9.17, 15) is 9.59 Å². The highest BCUT2D eigenvalue weighted by Gasteiger charge is 2.17. The van der Waals surface area contributed by atoms with Gasteiger partial charge in [0.05, 0.1) is 19.6 Å². The van der Waals surface area contributed by atoms with Crippen molar-refractivity contribution in [1.82, 2.24) is 10.2 Å². The van der Waals surface area contributed by atoms with E-state index in [2.05, 4.69) is 11.2 Å². The zero-order valence-corrected chi connectivity index (χ0v) is 9.91. The van der Waals surface area contributed by atoms with E-state index in [1.807, 2.05) is 20.8 Å². The van der Waals surface area contributed by atoms with Crippen LogP contribution in [0, 0.1) is 12.3 Å². The largest absolute Gasteiger partial charge is 0.480 e. The lowest BCUT2D eigenvalue weighted by atomic mass is 10.1. The molecule has 0 bridgehead atoms. The van der Waals surface area contributed by atoms with Crippen molar-refractivity contribution in [3.63, 3.8) is 0 Å². The van der Waals surface area contributed by atoms with Crippen molar-refractivity contribution in [3.8, 4) is 12.3 Å². The topological polar surface area (TPSA) is 69.6 Å². The maximum absolute atomic E-state index is 11.5. The molecule has 0 aliphatic heterocycles. The Labute approximate surface area is 95.8 Å². The monoisotopic (exact) mass is 226 g/mol. The number of nitrogens with one attached hydrogen (secondary N) is 1. The van der Waals surface area contributed by atoms with Crippen LogP contribution in [0.15, 0.2) is 0 Å². The van der Waals surface area contributed by atoms with E-state index in [1.165, 1.54) is 4.90 Å². The molecule has 0 fully saturated rings. The molecular weight excluding hydrogens is 208 g/mol. The molecule has 1 amide bonds. The van der Waals surface area contributed by atoms with Gasteiger partial charge in [-0.15, -0.1) is 6.42 Å². The number of terminal acetylenes is 1. The highest BCUT2D eigenvalue weighted by molar-refractivity contribution is 5.79. The van der Waals surface area contributed by atoms with Crippen LogP contribution in [0.1, 0.15) is 20.8 Å². The highest BCUT2D eigenvalue weighted by Crippen LogP contribution is 1.98. The minimum absolute atomic E-state index is 0.00618. The van der Waals surface area contributed by atoms with E-state index >= 15 is 0 Å². The molecule has 0 aromatic rings. The molecule has 5 heteroatoms. The summed E-state index contributed by atoms with van der Waals surface area (Å²) in [6.45, 7) is 5.47. The van der Waals surface area contributed by atoms with E-state index in [0.717, 1.165) is 0 Å². The second-order valence-corrected chi connectivity index (χ2v) is 4.54. The first kappa shape index (κ1) is 14.5. The molecule has 0 spiro atoms. The third-order valence-electron chi connectivity index (χ3n) is 1.56. The summed E-state index contributed by atoms with van der Waals surface area (Å²) < 4.78 is 0. The fourth-order valence-electron chi connectivity index (χ4n) is 1.15. The number of rotatable bonds is 5. The molecule has 0 aliphatic carbocycles. The third kappa shape index (κ3) is 7.83. The molecule has 0 aliphatic rings. The van der Waals surface area contributed by atoms with Crippen molar-refractivity contribution in [2.24, 2.45) is 0 Å². The Morgan fingerprint density at radius 1 is 1.38 bits per heavy atom. The number of amides is 1. The molecule has 0 heterocycles. The predicted molar refractivity (Wildman–Crippen MR) is 60.8 cm³/mol. The fraction of sp³-hybridized carbons (Fsp3) is 0.636. The molecule has 90 valence electrons. The second-order valence-electron chi connectivity index (χ2n) is 4.54. The van der Waals surface area contributed by atoms with Gasteiger partial charge >= 0.3 is 5.97 Å². The van der Waals surface area contributed by atoms with Crippen LogP contribution in [0.2, 0.25) is 0 Å². The smallest absolute Gasteiger partial charge is 0.317 e. The Balaban J connectivity index is 4.24. The van der Waals surface area contributed by atoms with Gasteiger partial charge < -0.3 is 10.4 Å². The molecule has 16 heavy (non-hydrogen) atoms. The summed E-state index contributed by atoms with van der Waals surface area (Å²) in [5.41, 5.74) is -0.331. The standard InChI is InChI=1S/C11H18N2O3/c1-5-6-13(8-10(15)16)7-9(14)12-11(2,3)4/h1H,6-8H2,2-4H3,(H,12,14)(H,15,16). The number of hydrogen-bond donors (Lipinski definition) is 2. The average Bonchev–Trinajstić information content (AvgIpc) is 1.98. The number of aliphatic carboxylic acids is 1. The van der Waals surface area contributed by atoms with E-state index in [-0.39, 0.29) is 31.1 Å².